The highest BCUT2D eigenvalue weighted by Gasteiger charge is 2.31. The quantitative estimate of drug-likeness (QED) is 0.851. The predicted octanol–water partition coefficient (Wildman–Crippen LogP) is 1.54. The maximum absolute atomic E-state index is 10.9. The van der Waals surface area contributed by atoms with E-state index in [1.54, 1.807) is 0 Å². The van der Waals surface area contributed by atoms with Crippen LogP contribution in [-0.2, 0) is 4.79 Å². The van der Waals surface area contributed by atoms with Crippen LogP contribution in [0.15, 0.2) is 18.2 Å². The molecule has 2 atom stereocenters. The molecule has 1 aliphatic rings. The second kappa shape index (κ2) is 4.98. The molecular weight excluding hydrogens is 228 g/mol. The molecule has 2 rings (SSSR count). The molecule has 4 heteroatoms. The molecule has 4 nitrogen and oxygen atoms in total. The standard InChI is InChI=1S/C14H20N2O2/c1-9-5-10(2)7-12(6-9)16-4-3-11(8-16)13(15)14(17)18/h5-7,11,13H,3-4,8,15H2,1-2H3,(H,17,18). The van der Waals surface area contributed by atoms with Gasteiger partial charge in [0, 0.05) is 24.7 Å². The SMILES string of the molecule is Cc1cc(C)cc(N2CCC(C(N)C(=O)O)C2)c1. The number of anilines is 1. The number of rotatable bonds is 3. The highest BCUT2D eigenvalue weighted by molar-refractivity contribution is 5.73. The van der Waals surface area contributed by atoms with Crippen LogP contribution in [0.4, 0.5) is 5.69 Å². The topological polar surface area (TPSA) is 66.6 Å². The Kier molecular flexibility index (Phi) is 3.57. The second-order valence-electron chi connectivity index (χ2n) is 5.20. The number of hydrogen-bond acceptors (Lipinski definition) is 3. The highest BCUT2D eigenvalue weighted by atomic mass is 16.4. The van der Waals surface area contributed by atoms with Crippen molar-refractivity contribution < 1.29 is 9.90 Å². The molecule has 0 radical (unpaired) electrons. The minimum atomic E-state index is -0.901. The van der Waals surface area contributed by atoms with Gasteiger partial charge in [0.15, 0.2) is 0 Å². The summed E-state index contributed by atoms with van der Waals surface area (Å²) in [5.74, 6) is -0.856. The number of hydrogen-bond donors (Lipinski definition) is 2. The third kappa shape index (κ3) is 2.64. The van der Waals surface area contributed by atoms with E-state index in [1.807, 2.05) is 0 Å². The molecule has 0 aliphatic carbocycles. The second-order valence-corrected chi connectivity index (χ2v) is 5.20. The van der Waals surface area contributed by atoms with Crippen LogP contribution in [0.2, 0.25) is 0 Å². The summed E-state index contributed by atoms with van der Waals surface area (Å²) in [6, 6.07) is 5.67. The van der Waals surface area contributed by atoms with Crippen molar-refractivity contribution in [2.75, 3.05) is 18.0 Å². The first kappa shape index (κ1) is 12.9. The van der Waals surface area contributed by atoms with Gasteiger partial charge in [-0.2, -0.15) is 0 Å². The Labute approximate surface area is 107 Å². The van der Waals surface area contributed by atoms with E-state index >= 15 is 0 Å². The molecule has 1 heterocycles. The van der Waals surface area contributed by atoms with E-state index < -0.39 is 12.0 Å². The minimum Gasteiger partial charge on any atom is -0.480 e. The lowest BCUT2D eigenvalue weighted by molar-refractivity contribution is -0.139. The average molecular weight is 248 g/mol. The molecule has 0 saturated carbocycles. The number of aryl methyl sites for hydroxylation is 2. The van der Waals surface area contributed by atoms with Crippen LogP contribution in [0.1, 0.15) is 17.5 Å². The Morgan fingerprint density at radius 3 is 2.56 bits per heavy atom. The molecule has 1 aromatic carbocycles. The molecule has 1 aromatic rings. The first-order chi connectivity index (χ1) is 8.47. The minimum absolute atomic E-state index is 0.0447. The molecule has 3 N–H and O–H groups in total. The van der Waals surface area contributed by atoms with Crippen LogP contribution in [-0.4, -0.2) is 30.2 Å². The van der Waals surface area contributed by atoms with Gasteiger partial charge in [0.05, 0.1) is 0 Å². The first-order valence-electron chi connectivity index (χ1n) is 6.29. The molecule has 0 amide bonds. The van der Waals surface area contributed by atoms with Gasteiger partial charge in [-0.25, -0.2) is 0 Å². The fraction of sp³-hybridized carbons (Fsp3) is 0.500. The molecule has 2 unspecified atom stereocenters. The summed E-state index contributed by atoms with van der Waals surface area (Å²) in [6.45, 7) is 5.77. The van der Waals surface area contributed by atoms with E-state index in [4.69, 9.17) is 10.8 Å². The summed E-state index contributed by atoms with van der Waals surface area (Å²) in [7, 11) is 0. The van der Waals surface area contributed by atoms with Crippen LogP contribution in [0.3, 0.4) is 0 Å². The van der Waals surface area contributed by atoms with Crippen molar-refractivity contribution in [1.82, 2.24) is 0 Å². The average Bonchev–Trinajstić information content (AvgIpc) is 2.75. The number of nitrogens with zero attached hydrogens (tertiary/aromatic N) is 1. The van der Waals surface area contributed by atoms with Gasteiger partial charge in [0.25, 0.3) is 0 Å². The van der Waals surface area contributed by atoms with E-state index in [0.717, 1.165) is 19.5 Å². The molecule has 1 aliphatic heterocycles. The maximum Gasteiger partial charge on any atom is 0.320 e. The van der Waals surface area contributed by atoms with E-state index in [9.17, 15) is 4.79 Å². The highest BCUT2D eigenvalue weighted by Crippen LogP contribution is 2.27. The van der Waals surface area contributed by atoms with Crippen molar-refractivity contribution >= 4 is 11.7 Å². The van der Waals surface area contributed by atoms with Crippen LogP contribution in [0.25, 0.3) is 0 Å². The first-order valence-corrected chi connectivity index (χ1v) is 6.29. The summed E-state index contributed by atoms with van der Waals surface area (Å²) in [4.78, 5) is 13.1. The molecule has 18 heavy (non-hydrogen) atoms. The smallest absolute Gasteiger partial charge is 0.320 e. The Bertz CT molecular complexity index is 439. The Morgan fingerprint density at radius 2 is 2.00 bits per heavy atom. The van der Waals surface area contributed by atoms with Crippen molar-refractivity contribution in [3.8, 4) is 0 Å². The molecule has 0 bridgehead atoms. The van der Waals surface area contributed by atoms with Gasteiger partial charge >= 0.3 is 5.97 Å². The lowest BCUT2D eigenvalue weighted by Gasteiger charge is -2.21. The molecule has 0 aromatic heterocycles. The molecule has 0 spiro atoms. The fourth-order valence-electron chi connectivity index (χ4n) is 2.65. The van der Waals surface area contributed by atoms with Crippen LogP contribution < -0.4 is 10.6 Å². The fourth-order valence-corrected chi connectivity index (χ4v) is 2.65. The van der Waals surface area contributed by atoms with E-state index in [-0.39, 0.29) is 5.92 Å². The predicted molar refractivity (Wildman–Crippen MR) is 71.8 cm³/mol. The van der Waals surface area contributed by atoms with Crippen molar-refractivity contribution in [1.29, 1.82) is 0 Å². The normalized spacial score (nSPS) is 21.1. The van der Waals surface area contributed by atoms with Gasteiger partial charge in [-0.15, -0.1) is 0 Å². The molecular formula is C14H20N2O2. The number of benzene rings is 1. The Morgan fingerprint density at radius 1 is 1.39 bits per heavy atom. The van der Waals surface area contributed by atoms with E-state index in [1.165, 1.54) is 16.8 Å². The Balaban J connectivity index is 2.11. The summed E-state index contributed by atoms with van der Waals surface area (Å²) < 4.78 is 0. The van der Waals surface area contributed by atoms with Crippen molar-refractivity contribution in [2.45, 2.75) is 26.3 Å². The van der Waals surface area contributed by atoms with Gasteiger partial charge in [-0.05, 0) is 43.5 Å². The van der Waals surface area contributed by atoms with Gasteiger partial charge < -0.3 is 15.7 Å². The zero-order chi connectivity index (χ0) is 13.3. The van der Waals surface area contributed by atoms with Gasteiger partial charge in [-0.1, -0.05) is 6.07 Å². The summed E-state index contributed by atoms with van der Waals surface area (Å²) in [5, 5.41) is 8.94. The Hall–Kier alpha value is -1.55. The largest absolute Gasteiger partial charge is 0.480 e. The van der Waals surface area contributed by atoms with E-state index in [0.29, 0.717) is 0 Å². The van der Waals surface area contributed by atoms with Crippen LogP contribution >= 0.6 is 0 Å². The van der Waals surface area contributed by atoms with E-state index in [2.05, 4.69) is 36.9 Å². The summed E-state index contributed by atoms with van der Waals surface area (Å²) in [6.07, 6.45) is 0.848. The molecule has 98 valence electrons. The molecule has 1 saturated heterocycles. The number of nitrogens with two attached hydrogens (primary N) is 1. The van der Waals surface area contributed by atoms with Crippen molar-refractivity contribution in [3.05, 3.63) is 29.3 Å². The van der Waals surface area contributed by atoms with Gasteiger partial charge in [-0.3, -0.25) is 4.79 Å². The van der Waals surface area contributed by atoms with Crippen LogP contribution in [0.5, 0.6) is 0 Å². The zero-order valence-electron chi connectivity index (χ0n) is 10.9. The van der Waals surface area contributed by atoms with Gasteiger partial charge in [0.2, 0.25) is 0 Å². The zero-order valence-corrected chi connectivity index (χ0v) is 10.9. The summed E-state index contributed by atoms with van der Waals surface area (Å²) in [5.41, 5.74) is 9.33. The van der Waals surface area contributed by atoms with Crippen molar-refractivity contribution in [2.24, 2.45) is 11.7 Å². The third-order valence-corrected chi connectivity index (χ3v) is 3.59. The maximum atomic E-state index is 10.9. The molecule has 1 fully saturated rings. The number of carboxylic acid groups (broad SMARTS) is 1. The van der Waals surface area contributed by atoms with Gasteiger partial charge in [0.1, 0.15) is 6.04 Å². The summed E-state index contributed by atoms with van der Waals surface area (Å²) >= 11 is 0. The monoisotopic (exact) mass is 248 g/mol. The van der Waals surface area contributed by atoms with Crippen molar-refractivity contribution in [3.63, 3.8) is 0 Å². The lowest BCUT2D eigenvalue weighted by Crippen LogP contribution is -2.39. The lowest BCUT2D eigenvalue weighted by atomic mass is 10.0. The number of aliphatic carboxylic acids is 1. The number of carbonyl (C=O) groups is 1. The van der Waals surface area contributed by atoms with Crippen LogP contribution in [0, 0.1) is 19.8 Å². The number of carboxylic acids is 1. The third-order valence-electron chi connectivity index (χ3n) is 3.59.